The summed E-state index contributed by atoms with van der Waals surface area (Å²) < 4.78 is 84.7. The van der Waals surface area contributed by atoms with Crippen molar-refractivity contribution < 1.29 is 45.5 Å². The molecule has 1 atom stereocenters. The highest BCUT2D eigenvalue weighted by molar-refractivity contribution is 5.96. The van der Waals surface area contributed by atoms with Gasteiger partial charge in [0, 0.05) is 20.3 Å². The number of benzene rings is 1. The molecule has 3 N–H and O–H groups in total. The lowest BCUT2D eigenvalue weighted by atomic mass is 9.97. The van der Waals surface area contributed by atoms with Gasteiger partial charge in [-0.3, -0.25) is 14.4 Å². The van der Waals surface area contributed by atoms with E-state index in [-0.39, 0.29) is 53.4 Å². The Hall–Kier alpha value is -4.83. The molecule has 1 aromatic carbocycles. The monoisotopic (exact) mass is 644 g/mol. The van der Waals surface area contributed by atoms with E-state index in [2.05, 4.69) is 25.3 Å². The van der Waals surface area contributed by atoms with Crippen molar-refractivity contribution in [2.45, 2.75) is 44.2 Å². The lowest BCUT2D eigenvalue weighted by Gasteiger charge is -2.23. The Labute approximate surface area is 252 Å². The van der Waals surface area contributed by atoms with Gasteiger partial charge in [0.25, 0.3) is 5.56 Å². The number of nitrogens with one attached hydrogen (secondary N) is 3. The van der Waals surface area contributed by atoms with Crippen molar-refractivity contribution in [3.05, 3.63) is 70.4 Å². The molecule has 0 aliphatic carbocycles. The number of methoxy groups -OCH3 is 1. The van der Waals surface area contributed by atoms with Crippen LogP contribution in [0.15, 0.2) is 53.5 Å². The standard InChI is InChI=1S/C28H30F6N6O5/c1-39(2)22(41)12-5-4-9-18(37-26(44)45-3)24(42)36-19-11-7-13-40(25(19)43)15-21-35-17-10-6-8-16(23(17)38-21)14-20(27(29,30)31)28(32,33)34/h5-8,10-13,18,20H,4,9,14-15H2,1-3H3,(H,35,38)(H,36,42)(H,37,44). The second-order valence-electron chi connectivity index (χ2n) is 10.1. The molecule has 0 fully saturated rings. The average Bonchev–Trinajstić information content (AvgIpc) is 3.37. The van der Waals surface area contributed by atoms with Gasteiger partial charge in [0.05, 0.1) is 24.7 Å². The number of hydrogen-bond donors (Lipinski definition) is 3. The number of aromatic amines is 1. The average molecular weight is 645 g/mol. The van der Waals surface area contributed by atoms with Crippen LogP contribution >= 0.6 is 0 Å². The predicted octanol–water partition coefficient (Wildman–Crippen LogP) is 4.14. The summed E-state index contributed by atoms with van der Waals surface area (Å²) in [5.74, 6) is -4.58. The molecule has 0 aliphatic heterocycles. The molecule has 1 unspecified atom stereocenters. The predicted molar refractivity (Wildman–Crippen MR) is 150 cm³/mol. The van der Waals surface area contributed by atoms with E-state index in [9.17, 15) is 45.5 Å². The number of para-hydroxylation sites is 1. The zero-order valence-electron chi connectivity index (χ0n) is 24.3. The minimum Gasteiger partial charge on any atom is -0.453 e. The number of halogens is 6. The third-order valence-electron chi connectivity index (χ3n) is 6.57. The highest BCUT2D eigenvalue weighted by Crippen LogP contribution is 2.41. The molecule has 2 heterocycles. The van der Waals surface area contributed by atoms with Crippen molar-refractivity contribution in [2.75, 3.05) is 26.5 Å². The molecular formula is C28H30F6N6O5. The third-order valence-corrected chi connectivity index (χ3v) is 6.57. The Bertz CT molecular complexity index is 1600. The van der Waals surface area contributed by atoms with E-state index in [0.29, 0.717) is 0 Å². The molecule has 0 saturated heterocycles. The maximum Gasteiger partial charge on any atom is 0.407 e. The summed E-state index contributed by atoms with van der Waals surface area (Å²) in [6.45, 7) is -0.271. The summed E-state index contributed by atoms with van der Waals surface area (Å²) in [4.78, 5) is 58.0. The maximum atomic E-state index is 13.2. The van der Waals surface area contributed by atoms with Gasteiger partial charge in [0.2, 0.25) is 11.8 Å². The van der Waals surface area contributed by atoms with E-state index in [1.165, 1.54) is 47.5 Å². The number of aromatic nitrogens is 3. The lowest BCUT2D eigenvalue weighted by Crippen LogP contribution is -2.44. The van der Waals surface area contributed by atoms with Crippen LogP contribution in [-0.2, 0) is 27.3 Å². The molecule has 45 heavy (non-hydrogen) atoms. The second-order valence-corrected chi connectivity index (χ2v) is 10.1. The van der Waals surface area contributed by atoms with Crippen molar-refractivity contribution in [2.24, 2.45) is 5.92 Å². The molecule has 2 aromatic heterocycles. The summed E-state index contributed by atoms with van der Waals surface area (Å²) in [6.07, 6.45) is -8.92. The Morgan fingerprint density at radius 2 is 1.78 bits per heavy atom. The normalized spacial score (nSPS) is 12.8. The third kappa shape index (κ3) is 9.33. The number of H-pyrrole nitrogens is 1. The van der Waals surface area contributed by atoms with Crippen LogP contribution in [0, 0.1) is 5.92 Å². The number of anilines is 1. The zero-order valence-corrected chi connectivity index (χ0v) is 24.3. The van der Waals surface area contributed by atoms with Crippen molar-refractivity contribution in [1.82, 2.24) is 24.8 Å². The first kappa shape index (κ1) is 34.7. The number of carbonyl (C=O) groups excluding carboxylic acids is 3. The fourth-order valence-corrected chi connectivity index (χ4v) is 4.22. The van der Waals surface area contributed by atoms with Crippen molar-refractivity contribution >= 4 is 34.6 Å². The van der Waals surface area contributed by atoms with Crippen LogP contribution in [0.4, 0.5) is 36.8 Å². The summed E-state index contributed by atoms with van der Waals surface area (Å²) in [6, 6.07) is 5.39. The minimum atomic E-state index is -5.52. The van der Waals surface area contributed by atoms with Crippen LogP contribution in [0.1, 0.15) is 24.2 Å². The number of rotatable bonds is 11. The van der Waals surface area contributed by atoms with Gasteiger partial charge in [-0.05, 0) is 49.1 Å². The van der Waals surface area contributed by atoms with Gasteiger partial charge in [-0.2, -0.15) is 26.3 Å². The van der Waals surface area contributed by atoms with Gasteiger partial charge in [0.1, 0.15) is 17.6 Å². The number of carbonyl (C=O) groups is 3. The molecule has 0 spiro atoms. The summed E-state index contributed by atoms with van der Waals surface area (Å²) in [5.41, 5.74) is -1.13. The van der Waals surface area contributed by atoms with Crippen molar-refractivity contribution in [3.63, 3.8) is 0 Å². The number of alkyl carbamates (subject to hydrolysis) is 1. The van der Waals surface area contributed by atoms with Crippen LogP contribution in [0.5, 0.6) is 0 Å². The second kappa shape index (κ2) is 14.3. The molecule has 0 saturated carbocycles. The SMILES string of the molecule is COC(=O)NC(CCC=CC(=O)N(C)C)C(=O)Nc1cccn(Cc2nc3c(CC(C(F)(F)F)C(F)(F)F)cccc3[nH]2)c1=O. The van der Waals surface area contributed by atoms with Crippen LogP contribution in [0.2, 0.25) is 0 Å². The van der Waals surface area contributed by atoms with E-state index < -0.39 is 48.3 Å². The number of ether oxygens (including phenoxy) is 1. The molecule has 11 nitrogen and oxygen atoms in total. The Kier molecular flexibility index (Phi) is 11.0. The molecule has 3 amide bonds. The van der Waals surface area contributed by atoms with Crippen LogP contribution in [-0.4, -0.2) is 76.9 Å². The largest absolute Gasteiger partial charge is 0.453 e. The number of alkyl halides is 6. The van der Waals surface area contributed by atoms with Crippen LogP contribution in [0.25, 0.3) is 11.0 Å². The summed E-state index contributed by atoms with van der Waals surface area (Å²) in [7, 11) is 4.22. The number of hydrogen-bond acceptors (Lipinski definition) is 6. The first-order valence-electron chi connectivity index (χ1n) is 13.3. The number of likely N-dealkylation sites (N-methyl/N-ethyl adjacent to an activating group) is 1. The Morgan fingerprint density at radius 1 is 1.09 bits per heavy atom. The van der Waals surface area contributed by atoms with Crippen molar-refractivity contribution in [3.8, 4) is 0 Å². The molecule has 3 aromatic rings. The van der Waals surface area contributed by atoms with Gasteiger partial charge in [-0.15, -0.1) is 0 Å². The molecule has 244 valence electrons. The van der Waals surface area contributed by atoms with Gasteiger partial charge in [0.15, 0.2) is 5.92 Å². The molecular weight excluding hydrogens is 614 g/mol. The highest BCUT2D eigenvalue weighted by atomic mass is 19.4. The fourth-order valence-electron chi connectivity index (χ4n) is 4.22. The molecule has 0 aliphatic rings. The summed E-state index contributed by atoms with van der Waals surface area (Å²) >= 11 is 0. The van der Waals surface area contributed by atoms with E-state index in [4.69, 9.17) is 0 Å². The number of amides is 3. The van der Waals surface area contributed by atoms with Crippen molar-refractivity contribution in [1.29, 1.82) is 0 Å². The van der Waals surface area contributed by atoms with E-state index in [1.807, 2.05) is 0 Å². The first-order chi connectivity index (χ1) is 21.0. The first-order valence-corrected chi connectivity index (χ1v) is 13.3. The number of imidazole rings is 1. The van der Waals surface area contributed by atoms with Gasteiger partial charge in [-0.25, -0.2) is 9.78 Å². The maximum absolute atomic E-state index is 13.2. The highest BCUT2D eigenvalue weighted by Gasteiger charge is 2.56. The lowest BCUT2D eigenvalue weighted by molar-refractivity contribution is -0.283. The molecule has 17 heteroatoms. The quantitative estimate of drug-likeness (QED) is 0.212. The van der Waals surface area contributed by atoms with Gasteiger partial charge in [-0.1, -0.05) is 18.2 Å². The number of fused-ring (bicyclic) bond motifs is 1. The number of pyridine rings is 1. The molecule has 0 radical (unpaired) electrons. The van der Waals surface area contributed by atoms with E-state index in [1.54, 1.807) is 14.1 Å². The van der Waals surface area contributed by atoms with E-state index >= 15 is 0 Å². The Morgan fingerprint density at radius 3 is 2.40 bits per heavy atom. The van der Waals surface area contributed by atoms with Gasteiger partial charge < -0.3 is 29.8 Å². The molecule has 0 bridgehead atoms. The van der Waals surface area contributed by atoms with Crippen LogP contribution in [0.3, 0.4) is 0 Å². The van der Waals surface area contributed by atoms with E-state index in [0.717, 1.165) is 17.7 Å². The molecule has 3 rings (SSSR count). The number of allylic oxidation sites excluding steroid dienone is 1. The Balaban J connectivity index is 1.81. The summed E-state index contributed by atoms with van der Waals surface area (Å²) in [5, 5.41) is 4.79. The van der Waals surface area contributed by atoms with Crippen LogP contribution < -0.4 is 16.2 Å². The van der Waals surface area contributed by atoms with Gasteiger partial charge >= 0.3 is 18.4 Å². The topological polar surface area (TPSA) is 138 Å². The smallest absolute Gasteiger partial charge is 0.407 e. The zero-order chi connectivity index (χ0) is 33.5. The minimum absolute atomic E-state index is 0.0457. The fraction of sp³-hybridized carbons (Fsp3) is 0.393. The number of nitrogens with zero attached hydrogens (tertiary/aromatic N) is 3.